The molecule has 0 heterocycles. The fraction of sp³-hybridized carbons (Fsp3) is 0.400. The Balaban J connectivity index is 2.83. The molecule has 0 radical (unpaired) electrons. The van der Waals surface area contributed by atoms with Crippen molar-refractivity contribution in [2.75, 3.05) is 6.61 Å². The van der Waals surface area contributed by atoms with Crippen LogP contribution in [0.2, 0.25) is 0 Å². The predicted molar refractivity (Wildman–Crippen MR) is 55.7 cm³/mol. The van der Waals surface area contributed by atoms with Gasteiger partial charge >= 0.3 is 6.18 Å². The molecule has 0 saturated heterocycles. The van der Waals surface area contributed by atoms with Gasteiger partial charge in [0.2, 0.25) is 0 Å². The Morgan fingerprint density at radius 3 is 2.12 bits per heavy atom. The van der Waals surface area contributed by atoms with E-state index in [2.05, 4.69) is 4.18 Å². The minimum absolute atomic E-state index is 0.00294. The lowest BCUT2D eigenvalue weighted by molar-refractivity contribution is -0.137. The molecule has 0 fully saturated rings. The SMILES string of the molecule is CCOS(=O)(=O)Cc1ccc(C(F)(F)F)cc1. The molecule has 1 aromatic carbocycles. The summed E-state index contributed by atoms with van der Waals surface area (Å²) < 4.78 is 63.7. The molecule has 17 heavy (non-hydrogen) atoms. The van der Waals surface area contributed by atoms with Gasteiger partial charge in [-0.1, -0.05) is 12.1 Å². The van der Waals surface area contributed by atoms with E-state index in [1.807, 2.05) is 0 Å². The predicted octanol–water partition coefficient (Wildman–Crippen LogP) is 2.57. The normalized spacial score (nSPS) is 12.7. The second kappa shape index (κ2) is 5.05. The van der Waals surface area contributed by atoms with Gasteiger partial charge in [0.05, 0.1) is 12.2 Å². The highest BCUT2D eigenvalue weighted by molar-refractivity contribution is 7.85. The number of halogens is 3. The van der Waals surface area contributed by atoms with Gasteiger partial charge in [-0.2, -0.15) is 21.6 Å². The van der Waals surface area contributed by atoms with Crippen LogP contribution in [0.3, 0.4) is 0 Å². The zero-order valence-corrected chi connectivity index (χ0v) is 9.81. The maximum absolute atomic E-state index is 12.2. The third-order valence-corrected chi connectivity index (χ3v) is 3.20. The molecule has 1 aromatic rings. The molecule has 0 spiro atoms. The molecule has 0 amide bonds. The molecule has 0 atom stereocenters. The zero-order chi connectivity index (χ0) is 13.1. The van der Waals surface area contributed by atoms with Crippen molar-refractivity contribution in [2.24, 2.45) is 0 Å². The minimum atomic E-state index is -4.42. The lowest BCUT2D eigenvalue weighted by Gasteiger charge is -2.07. The summed E-state index contributed by atoms with van der Waals surface area (Å²) in [7, 11) is -3.71. The summed E-state index contributed by atoms with van der Waals surface area (Å²) in [6.45, 7) is 1.52. The van der Waals surface area contributed by atoms with Crippen LogP contribution >= 0.6 is 0 Å². The van der Waals surface area contributed by atoms with Crippen LogP contribution < -0.4 is 0 Å². The molecule has 0 aromatic heterocycles. The summed E-state index contributed by atoms with van der Waals surface area (Å²) in [5.74, 6) is -0.432. The third-order valence-electron chi connectivity index (χ3n) is 1.92. The van der Waals surface area contributed by atoms with Gasteiger partial charge in [-0.15, -0.1) is 0 Å². The lowest BCUT2D eigenvalue weighted by atomic mass is 10.1. The maximum atomic E-state index is 12.2. The summed E-state index contributed by atoms with van der Waals surface area (Å²) >= 11 is 0. The van der Waals surface area contributed by atoms with Gasteiger partial charge in [-0.3, -0.25) is 4.18 Å². The third kappa shape index (κ3) is 4.35. The molecular weight excluding hydrogens is 257 g/mol. The summed E-state index contributed by atoms with van der Waals surface area (Å²) in [5.41, 5.74) is -0.554. The second-order valence-corrected chi connectivity index (χ2v) is 4.94. The molecule has 0 bridgehead atoms. The molecule has 0 unspecified atom stereocenters. The zero-order valence-electron chi connectivity index (χ0n) is 8.99. The van der Waals surface area contributed by atoms with Crippen LogP contribution in [-0.2, 0) is 26.2 Å². The first-order chi connectivity index (χ1) is 7.74. The largest absolute Gasteiger partial charge is 0.416 e. The van der Waals surface area contributed by atoms with Crippen molar-refractivity contribution >= 4 is 10.1 Å². The van der Waals surface area contributed by atoms with E-state index in [1.54, 1.807) is 0 Å². The van der Waals surface area contributed by atoms with Crippen LogP contribution in [0, 0.1) is 0 Å². The Morgan fingerprint density at radius 1 is 1.18 bits per heavy atom. The summed E-state index contributed by atoms with van der Waals surface area (Å²) in [6, 6.07) is 3.94. The molecule has 3 nitrogen and oxygen atoms in total. The van der Waals surface area contributed by atoms with E-state index < -0.39 is 27.6 Å². The van der Waals surface area contributed by atoms with Gasteiger partial charge < -0.3 is 0 Å². The van der Waals surface area contributed by atoms with Gasteiger partial charge in [-0.25, -0.2) is 0 Å². The fourth-order valence-electron chi connectivity index (χ4n) is 1.22. The first-order valence-electron chi connectivity index (χ1n) is 4.78. The lowest BCUT2D eigenvalue weighted by Crippen LogP contribution is -2.09. The average Bonchev–Trinajstić information content (AvgIpc) is 2.16. The molecular formula is C10H11F3O3S. The van der Waals surface area contributed by atoms with Gasteiger partial charge in [0.15, 0.2) is 0 Å². The van der Waals surface area contributed by atoms with Gasteiger partial charge in [0, 0.05) is 0 Å². The van der Waals surface area contributed by atoms with Crippen molar-refractivity contribution < 1.29 is 25.8 Å². The second-order valence-electron chi connectivity index (χ2n) is 3.30. The Morgan fingerprint density at radius 2 is 1.71 bits per heavy atom. The van der Waals surface area contributed by atoms with Crippen LogP contribution in [0.4, 0.5) is 13.2 Å². The number of hydrogen-bond donors (Lipinski definition) is 0. The van der Waals surface area contributed by atoms with E-state index in [0.717, 1.165) is 24.3 Å². The van der Waals surface area contributed by atoms with Gasteiger partial charge in [0.25, 0.3) is 10.1 Å². The van der Waals surface area contributed by atoms with Crippen molar-refractivity contribution in [1.82, 2.24) is 0 Å². The average molecular weight is 268 g/mol. The van der Waals surface area contributed by atoms with Crippen molar-refractivity contribution in [3.8, 4) is 0 Å². The Kier molecular flexibility index (Phi) is 4.16. The standard InChI is InChI=1S/C10H11F3O3S/c1-2-16-17(14,15)7-8-3-5-9(6-4-8)10(11,12)13/h3-6H,2,7H2,1H3. The minimum Gasteiger partial charge on any atom is -0.270 e. The van der Waals surface area contributed by atoms with E-state index in [4.69, 9.17) is 0 Å². The van der Waals surface area contributed by atoms with E-state index in [9.17, 15) is 21.6 Å². The highest BCUT2D eigenvalue weighted by Crippen LogP contribution is 2.29. The molecule has 1 rings (SSSR count). The van der Waals surface area contributed by atoms with Crippen molar-refractivity contribution in [3.05, 3.63) is 35.4 Å². The van der Waals surface area contributed by atoms with Crippen LogP contribution in [0.25, 0.3) is 0 Å². The Labute approximate surface area is 97.3 Å². The number of hydrogen-bond acceptors (Lipinski definition) is 3. The van der Waals surface area contributed by atoms with E-state index in [0.29, 0.717) is 0 Å². The molecule has 7 heteroatoms. The highest BCUT2D eigenvalue weighted by atomic mass is 32.2. The molecule has 0 aliphatic heterocycles. The van der Waals surface area contributed by atoms with Crippen molar-refractivity contribution in [3.63, 3.8) is 0 Å². The monoisotopic (exact) mass is 268 g/mol. The summed E-state index contributed by atoms with van der Waals surface area (Å²) in [4.78, 5) is 0. The molecule has 96 valence electrons. The van der Waals surface area contributed by atoms with E-state index in [-0.39, 0.29) is 12.2 Å². The Bertz CT molecular complexity index is 463. The van der Waals surface area contributed by atoms with Crippen molar-refractivity contribution in [1.29, 1.82) is 0 Å². The molecule has 0 aliphatic rings. The number of benzene rings is 1. The van der Waals surface area contributed by atoms with Crippen LogP contribution in [0.5, 0.6) is 0 Å². The van der Waals surface area contributed by atoms with Gasteiger partial charge in [-0.05, 0) is 24.6 Å². The molecule has 0 N–H and O–H groups in total. The van der Waals surface area contributed by atoms with Crippen molar-refractivity contribution in [2.45, 2.75) is 18.9 Å². The smallest absolute Gasteiger partial charge is 0.270 e. The highest BCUT2D eigenvalue weighted by Gasteiger charge is 2.30. The Hall–Kier alpha value is -1.08. The van der Waals surface area contributed by atoms with E-state index in [1.165, 1.54) is 6.92 Å². The van der Waals surface area contributed by atoms with Crippen LogP contribution in [0.15, 0.2) is 24.3 Å². The maximum Gasteiger partial charge on any atom is 0.416 e. The first kappa shape index (κ1) is 14.0. The molecule has 0 saturated carbocycles. The number of alkyl halides is 3. The van der Waals surface area contributed by atoms with Gasteiger partial charge in [0.1, 0.15) is 5.75 Å². The first-order valence-corrected chi connectivity index (χ1v) is 6.35. The fourth-order valence-corrected chi connectivity index (χ4v) is 2.26. The number of rotatable bonds is 4. The topological polar surface area (TPSA) is 43.4 Å². The summed E-state index contributed by atoms with van der Waals surface area (Å²) in [6.07, 6.45) is -4.42. The van der Waals surface area contributed by atoms with Crippen LogP contribution in [0.1, 0.15) is 18.1 Å². The van der Waals surface area contributed by atoms with Crippen LogP contribution in [-0.4, -0.2) is 15.0 Å². The summed E-state index contributed by atoms with van der Waals surface area (Å²) in [5, 5.41) is 0. The molecule has 0 aliphatic carbocycles. The van der Waals surface area contributed by atoms with E-state index >= 15 is 0 Å². The quantitative estimate of drug-likeness (QED) is 0.788.